The number of carbonyl (C=O) groups is 1. The van der Waals surface area contributed by atoms with Crippen molar-refractivity contribution >= 4 is 16.8 Å². The molecular weight excluding hydrogens is 419 g/mol. The second-order valence-electron chi connectivity index (χ2n) is 9.19. The molecule has 1 saturated heterocycles. The van der Waals surface area contributed by atoms with E-state index in [1.807, 2.05) is 24.4 Å². The predicted molar refractivity (Wildman–Crippen MR) is 123 cm³/mol. The van der Waals surface area contributed by atoms with E-state index >= 15 is 0 Å². The minimum absolute atomic E-state index is 0.0242. The van der Waals surface area contributed by atoms with Gasteiger partial charge in [0.05, 0.1) is 23.2 Å². The van der Waals surface area contributed by atoms with E-state index in [9.17, 15) is 14.3 Å². The molecule has 33 heavy (non-hydrogen) atoms. The first kappa shape index (κ1) is 20.2. The predicted octanol–water partition coefficient (Wildman–Crippen LogP) is 4.31. The summed E-state index contributed by atoms with van der Waals surface area (Å²) in [5.74, 6) is -0.347. The molecule has 0 atom stereocenters. The zero-order valence-corrected chi connectivity index (χ0v) is 18.2. The molecule has 1 aliphatic heterocycles. The van der Waals surface area contributed by atoms with Crippen LogP contribution in [0.2, 0.25) is 0 Å². The first-order valence-corrected chi connectivity index (χ1v) is 11.5. The van der Waals surface area contributed by atoms with Gasteiger partial charge in [0.25, 0.3) is 5.91 Å². The number of halogens is 1. The zero-order valence-electron chi connectivity index (χ0n) is 18.2. The largest absolute Gasteiger partial charge is 0.385 e. The topological polar surface area (TPSA) is 85.0 Å². The Hall–Kier alpha value is -3.45. The van der Waals surface area contributed by atoms with Gasteiger partial charge in [0.2, 0.25) is 0 Å². The highest BCUT2D eigenvalue weighted by atomic mass is 19.1. The molecule has 1 aliphatic carbocycles. The number of likely N-dealkylation sites (tertiary alicyclic amines) is 1. The average Bonchev–Trinajstić information content (AvgIpc) is 3.40. The number of aryl methyl sites for hydroxylation is 2. The highest BCUT2D eigenvalue weighted by molar-refractivity contribution is 6.00. The van der Waals surface area contributed by atoms with Gasteiger partial charge >= 0.3 is 0 Å². The van der Waals surface area contributed by atoms with Crippen LogP contribution >= 0.6 is 0 Å². The molecule has 1 amide bonds. The van der Waals surface area contributed by atoms with Gasteiger partial charge in [-0.2, -0.15) is 5.10 Å². The Kier molecular flexibility index (Phi) is 4.62. The number of piperidine rings is 1. The molecular formula is C26H25FN4O2. The summed E-state index contributed by atoms with van der Waals surface area (Å²) in [6, 6.07) is 11.8. The number of amides is 1. The molecule has 6 nitrogen and oxygen atoms in total. The standard InChI is InChI=1S/C26H25FN4O2/c27-19-7-5-18(6-8-19)26(33)10-12-31(13-11-26)25(32)16-4-9-22-21(14-16)20-3-1-2-17-15-28-30-23(17)24(20)29-22/h4-9,14-15,29,33H,1-3,10-13H2,(H,28,30). The van der Waals surface area contributed by atoms with Crippen molar-refractivity contribution in [1.82, 2.24) is 20.1 Å². The van der Waals surface area contributed by atoms with Crippen LogP contribution in [0.15, 0.2) is 48.7 Å². The number of hydrogen-bond acceptors (Lipinski definition) is 3. The molecule has 168 valence electrons. The van der Waals surface area contributed by atoms with E-state index in [0.717, 1.165) is 41.6 Å². The molecule has 0 spiro atoms. The van der Waals surface area contributed by atoms with Gasteiger partial charge in [0, 0.05) is 29.6 Å². The van der Waals surface area contributed by atoms with Crippen LogP contribution in [0.3, 0.4) is 0 Å². The maximum Gasteiger partial charge on any atom is 0.253 e. The summed E-state index contributed by atoms with van der Waals surface area (Å²) in [7, 11) is 0. The molecule has 0 saturated carbocycles. The number of nitrogens with one attached hydrogen (secondary N) is 2. The number of H-pyrrole nitrogens is 2. The van der Waals surface area contributed by atoms with Crippen LogP contribution in [0.25, 0.3) is 22.3 Å². The number of aromatic amines is 2. The first-order chi connectivity index (χ1) is 16.0. The van der Waals surface area contributed by atoms with E-state index in [0.29, 0.717) is 37.1 Å². The number of nitrogens with zero attached hydrogens (tertiary/aromatic N) is 2. The SMILES string of the molecule is O=C(c1ccc2[nH]c3c(c2c1)CCCc1cn[nH]c1-3)N1CCC(O)(c2ccc(F)cc2)CC1. The van der Waals surface area contributed by atoms with E-state index in [1.165, 1.54) is 23.3 Å². The van der Waals surface area contributed by atoms with Crippen LogP contribution in [-0.4, -0.2) is 44.2 Å². The van der Waals surface area contributed by atoms with Crippen molar-refractivity contribution in [2.75, 3.05) is 13.1 Å². The Morgan fingerprint density at radius 2 is 1.85 bits per heavy atom. The second kappa shape index (κ2) is 7.56. The van der Waals surface area contributed by atoms with Crippen LogP contribution in [0, 0.1) is 5.82 Å². The van der Waals surface area contributed by atoms with Crippen LogP contribution in [-0.2, 0) is 18.4 Å². The van der Waals surface area contributed by atoms with Gasteiger partial charge in [0.1, 0.15) is 5.82 Å². The van der Waals surface area contributed by atoms with Crippen LogP contribution in [0.4, 0.5) is 4.39 Å². The molecule has 0 unspecified atom stereocenters. The lowest BCUT2D eigenvalue weighted by molar-refractivity contribution is -0.0211. The van der Waals surface area contributed by atoms with Crippen molar-refractivity contribution < 1.29 is 14.3 Å². The second-order valence-corrected chi connectivity index (χ2v) is 9.19. The molecule has 2 aliphatic rings. The van der Waals surface area contributed by atoms with Gasteiger partial charge in [0.15, 0.2) is 0 Å². The van der Waals surface area contributed by atoms with Crippen molar-refractivity contribution in [1.29, 1.82) is 0 Å². The monoisotopic (exact) mass is 444 g/mol. The summed E-state index contributed by atoms with van der Waals surface area (Å²) >= 11 is 0. The summed E-state index contributed by atoms with van der Waals surface area (Å²) < 4.78 is 13.3. The third kappa shape index (κ3) is 3.35. The molecule has 0 radical (unpaired) electrons. The van der Waals surface area contributed by atoms with E-state index in [-0.39, 0.29) is 11.7 Å². The van der Waals surface area contributed by atoms with Gasteiger partial charge < -0.3 is 15.0 Å². The number of rotatable bonds is 2. The third-order valence-electron chi connectivity index (χ3n) is 7.25. The lowest BCUT2D eigenvalue weighted by atomic mass is 9.84. The number of carbonyl (C=O) groups excluding carboxylic acids is 1. The fraction of sp³-hybridized carbons (Fsp3) is 0.308. The molecule has 1 fully saturated rings. The quantitative estimate of drug-likeness (QED) is 0.431. The van der Waals surface area contributed by atoms with Crippen molar-refractivity contribution in [2.45, 2.75) is 37.7 Å². The Morgan fingerprint density at radius 3 is 2.64 bits per heavy atom. The maximum absolute atomic E-state index is 13.3. The van der Waals surface area contributed by atoms with Crippen LogP contribution in [0.5, 0.6) is 0 Å². The average molecular weight is 445 g/mol. The number of aliphatic hydroxyl groups is 1. The van der Waals surface area contributed by atoms with Gasteiger partial charge in [-0.15, -0.1) is 0 Å². The molecule has 3 N–H and O–H groups in total. The molecule has 4 aromatic rings. The number of hydrogen-bond donors (Lipinski definition) is 3. The van der Waals surface area contributed by atoms with Crippen molar-refractivity contribution in [2.24, 2.45) is 0 Å². The molecule has 0 bridgehead atoms. The minimum Gasteiger partial charge on any atom is -0.385 e. The van der Waals surface area contributed by atoms with E-state index in [4.69, 9.17) is 0 Å². The lowest BCUT2D eigenvalue weighted by Crippen LogP contribution is -2.45. The summed E-state index contributed by atoms with van der Waals surface area (Å²) in [5.41, 5.74) is 5.91. The number of benzene rings is 2. The summed E-state index contributed by atoms with van der Waals surface area (Å²) in [6.07, 6.45) is 5.72. The normalized spacial score (nSPS) is 17.5. The van der Waals surface area contributed by atoms with Gasteiger partial charge in [-0.05, 0) is 79.1 Å². The summed E-state index contributed by atoms with van der Waals surface area (Å²) in [6.45, 7) is 0.904. The Balaban J connectivity index is 1.26. The van der Waals surface area contributed by atoms with E-state index in [1.54, 1.807) is 17.0 Å². The fourth-order valence-electron chi connectivity index (χ4n) is 5.34. The summed E-state index contributed by atoms with van der Waals surface area (Å²) in [4.78, 5) is 18.6. The fourth-order valence-corrected chi connectivity index (χ4v) is 5.34. The van der Waals surface area contributed by atoms with Gasteiger partial charge in [-0.1, -0.05) is 12.1 Å². The van der Waals surface area contributed by atoms with Crippen molar-refractivity contribution in [3.05, 3.63) is 76.7 Å². The number of aromatic nitrogens is 3. The Morgan fingerprint density at radius 1 is 1.06 bits per heavy atom. The Labute approximate surface area is 190 Å². The number of fused-ring (bicyclic) bond motifs is 5. The first-order valence-electron chi connectivity index (χ1n) is 11.5. The zero-order chi connectivity index (χ0) is 22.6. The van der Waals surface area contributed by atoms with Crippen molar-refractivity contribution in [3.63, 3.8) is 0 Å². The molecule has 3 heterocycles. The lowest BCUT2D eigenvalue weighted by Gasteiger charge is -2.38. The highest BCUT2D eigenvalue weighted by Crippen LogP contribution is 2.37. The van der Waals surface area contributed by atoms with Crippen LogP contribution in [0.1, 0.15) is 46.3 Å². The van der Waals surface area contributed by atoms with Crippen LogP contribution < -0.4 is 0 Å². The third-order valence-corrected chi connectivity index (χ3v) is 7.25. The molecule has 7 heteroatoms. The maximum atomic E-state index is 13.3. The summed E-state index contributed by atoms with van der Waals surface area (Å²) in [5, 5.41) is 19.5. The van der Waals surface area contributed by atoms with Crippen molar-refractivity contribution in [3.8, 4) is 11.4 Å². The highest BCUT2D eigenvalue weighted by Gasteiger charge is 2.35. The molecule has 2 aromatic heterocycles. The smallest absolute Gasteiger partial charge is 0.253 e. The molecule has 2 aromatic carbocycles. The van der Waals surface area contributed by atoms with Gasteiger partial charge in [-0.3, -0.25) is 9.89 Å². The van der Waals surface area contributed by atoms with E-state index < -0.39 is 5.60 Å². The van der Waals surface area contributed by atoms with E-state index in [2.05, 4.69) is 15.2 Å². The Bertz CT molecular complexity index is 1350. The minimum atomic E-state index is -1.03. The molecule has 6 rings (SSSR count). The van der Waals surface area contributed by atoms with Gasteiger partial charge in [-0.25, -0.2) is 4.39 Å².